The van der Waals surface area contributed by atoms with Crippen molar-refractivity contribution < 1.29 is 66.5 Å². The van der Waals surface area contributed by atoms with Crippen molar-refractivity contribution in [1.82, 2.24) is 0 Å². The molecule has 0 bridgehead atoms. The molecule has 6 aromatic rings. The molecule has 6 aromatic carbocycles. The van der Waals surface area contributed by atoms with Crippen molar-refractivity contribution in [3.63, 3.8) is 0 Å². The predicted octanol–water partition coefficient (Wildman–Crippen LogP) is 10.3. The lowest BCUT2D eigenvalue weighted by atomic mass is 9.13. The fourth-order valence-corrected chi connectivity index (χ4v) is 8.77. The smallest absolute Gasteiger partial charge is 0.300 e. The molecule has 0 spiro atoms. The number of alkyl halides is 12. The third kappa shape index (κ3) is 11.5. The van der Waals surface area contributed by atoms with Crippen LogP contribution in [0.3, 0.4) is 0 Å². The number of rotatable bonds is 10. The van der Waals surface area contributed by atoms with Gasteiger partial charge in [-0.3, -0.25) is 9.59 Å². The zero-order valence-corrected chi connectivity index (χ0v) is 33.9. The Morgan fingerprint density at radius 1 is 0.460 bits per heavy atom. The molecule has 0 heterocycles. The van der Waals surface area contributed by atoms with Crippen molar-refractivity contribution in [1.29, 1.82) is 0 Å². The van der Waals surface area contributed by atoms with Crippen LogP contribution < -0.4 is 21.9 Å². The summed E-state index contributed by atoms with van der Waals surface area (Å²) in [7, 11) is -2.44. The molecule has 63 heavy (non-hydrogen) atoms. The van der Waals surface area contributed by atoms with Crippen LogP contribution in [-0.4, -0.2) is 29.7 Å². The summed E-state index contributed by atoms with van der Waals surface area (Å²) >= 11 is 0. The van der Waals surface area contributed by atoms with Crippen LogP contribution in [0.15, 0.2) is 157 Å². The average Bonchev–Trinajstić information content (AvgIpc) is 3.21. The minimum absolute atomic E-state index is 0.0108. The number of Topliss-reactive ketones (excluding diaryl/α,β-unsaturated/α-hetero) is 2. The molecule has 1 unspecified atom stereocenters. The highest BCUT2D eigenvalue weighted by Crippen LogP contribution is 2.32. The van der Waals surface area contributed by atoms with Crippen molar-refractivity contribution in [2.75, 3.05) is 12.0 Å². The number of carbonyl (C=O) groups is 2. The van der Waals surface area contributed by atoms with Gasteiger partial charge >= 0.3 is 24.7 Å². The molecule has 0 fully saturated rings. The Morgan fingerprint density at radius 2 is 0.762 bits per heavy atom. The maximum absolute atomic E-state index is 13.3. The van der Waals surface area contributed by atoms with Gasteiger partial charge in [-0.05, 0) is 24.6 Å². The maximum atomic E-state index is 13.3. The predicted molar refractivity (Wildman–Crippen MR) is 219 cm³/mol. The summed E-state index contributed by atoms with van der Waals surface area (Å²) in [4.78, 5) is 24.0. The second-order valence-electron chi connectivity index (χ2n) is 14.8. The lowest BCUT2D eigenvalue weighted by Gasteiger charge is -2.44. The molecule has 17 heteroatoms. The van der Waals surface area contributed by atoms with Gasteiger partial charge in [-0.15, -0.1) is 0 Å². The van der Waals surface area contributed by atoms with Crippen LogP contribution >= 0.6 is 0 Å². The maximum Gasteiger partial charge on any atom is 0.416 e. The number of hydrogen-bond acceptors (Lipinski definition) is 3. The summed E-state index contributed by atoms with van der Waals surface area (Å²) in [6.07, 6.45) is -20.0. The van der Waals surface area contributed by atoms with E-state index in [-0.39, 0.29) is 39.2 Å². The summed E-state index contributed by atoms with van der Waals surface area (Å²) in [6.45, 7) is 1.54. The van der Waals surface area contributed by atoms with E-state index in [0.717, 1.165) is 54.1 Å². The van der Waals surface area contributed by atoms with E-state index in [2.05, 4.69) is 0 Å². The van der Waals surface area contributed by atoms with E-state index in [1.807, 2.05) is 6.07 Å². The number of ketones is 2. The zero-order chi connectivity index (χ0) is 46.6. The first-order valence-electron chi connectivity index (χ1n) is 18.7. The summed E-state index contributed by atoms with van der Waals surface area (Å²) in [5.74, 6) is -0.0477. The first-order chi connectivity index (χ1) is 29.2. The molecule has 0 amide bonds. The molecule has 6 rings (SSSR count). The van der Waals surface area contributed by atoms with E-state index in [9.17, 15) is 66.5 Å². The molecule has 0 aliphatic rings. The van der Waals surface area contributed by atoms with E-state index in [1.54, 1.807) is 54.8 Å². The molecule has 0 aromatic heterocycles. The van der Waals surface area contributed by atoms with Gasteiger partial charge < -0.3 is 0 Å². The van der Waals surface area contributed by atoms with E-state index >= 15 is 0 Å². The van der Waals surface area contributed by atoms with Crippen molar-refractivity contribution >= 4 is 49.5 Å². The highest BCUT2D eigenvalue weighted by molar-refractivity contribution is 8.03. The van der Waals surface area contributed by atoms with Crippen LogP contribution in [0.2, 0.25) is 0 Å². The van der Waals surface area contributed by atoms with Gasteiger partial charge in [-0.25, -0.2) is 0 Å². The molecule has 0 aliphatic carbocycles. The average molecular weight is 907 g/mol. The van der Waals surface area contributed by atoms with Gasteiger partial charge in [0.25, 0.3) is 0 Å². The van der Waals surface area contributed by atoms with Crippen molar-refractivity contribution in [2.45, 2.75) is 42.9 Å². The third-order valence-corrected chi connectivity index (χ3v) is 12.4. The van der Waals surface area contributed by atoms with Gasteiger partial charge in [0.05, 0.1) is 22.3 Å². The Hall–Kier alpha value is -5.97. The Labute approximate surface area is 355 Å². The van der Waals surface area contributed by atoms with Crippen molar-refractivity contribution in [3.05, 3.63) is 185 Å². The highest BCUT2D eigenvalue weighted by Gasteiger charge is 2.38. The van der Waals surface area contributed by atoms with Crippen molar-refractivity contribution in [3.8, 4) is 0 Å². The number of benzene rings is 6. The standard InChI is InChI=1S/C28H16BF12.C18H19O3S/c30-25(31,32)17-1-9-21(10-2-17)29(22-11-3-18(4-12-22)26(33,34)35,23-13-5-19(6-14-23)27(36,37)38)24-15-7-20(8-16-24)28(39,40)41;1-14(19)12-15-8-10-17(11-9-15)22(2,21)13-18(20)16-6-4-3-5-7-16/h1-16H;3-11H,12-13H2,1-2H3/q-1;+1. The molecule has 1 atom stereocenters. The lowest BCUT2D eigenvalue weighted by molar-refractivity contribution is -0.138. The summed E-state index contributed by atoms with van der Waals surface area (Å²) in [6, 6.07) is 29.5. The quantitative estimate of drug-likeness (QED) is 0.0596. The normalized spacial score (nSPS) is 13.4. The number of carbonyl (C=O) groups excluding carboxylic acids is 2. The largest absolute Gasteiger partial charge is 0.416 e. The molecule has 0 aliphatic heterocycles. The first-order valence-corrected chi connectivity index (χ1v) is 20.9. The van der Waals surface area contributed by atoms with Gasteiger partial charge in [-0.2, -0.15) is 74.5 Å². The Morgan fingerprint density at radius 3 is 1.03 bits per heavy atom. The van der Waals surface area contributed by atoms with Gasteiger partial charge in [0.1, 0.15) is 28.1 Å². The molecule has 0 N–H and O–H groups in total. The van der Waals surface area contributed by atoms with E-state index in [1.165, 1.54) is 6.92 Å². The van der Waals surface area contributed by atoms with Gasteiger partial charge in [0.2, 0.25) is 5.78 Å². The third-order valence-electron chi connectivity index (χ3n) is 10.3. The lowest BCUT2D eigenvalue weighted by Crippen LogP contribution is -2.74. The minimum Gasteiger partial charge on any atom is -0.300 e. The molecule has 0 radical (unpaired) electrons. The number of hydrogen-bond donors (Lipinski definition) is 0. The van der Waals surface area contributed by atoms with Crippen LogP contribution in [0.5, 0.6) is 0 Å². The fourth-order valence-electron chi connectivity index (χ4n) is 7.22. The molecule has 0 saturated carbocycles. The molecule has 330 valence electrons. The Kier molecular flexibility index (Phi) is 14.0. The summed E-state index contributed by atoms with van der Waals surface area (Å²) in [5.41, 5.74) is -2.83. The second kappa shape index (κ2) is 18.4. The molecule has 0 saturated heterocycles. The van der Waals surface area contributed by atoms with Gasteiger partial charge in [0, 0.05) is 12.0 Å². The number of halogens is 12. The Bertz CT molecular complexity index is 2310. The van der Waals surface area contributed by atoms with Gasteiger partial charge in [-0.1, -0.05) is 144 Å². The van der Waals surface area contributed by atoms with Crippen LogP contribution in [0.25, 0.3) is 0 Å². The van der Waals surface area contributed by atoms with Crippen molar-refractivity contribution in [2.24, 2.45) is 0 Å². The second-order valence-corrected chi connectivity index (χ2v) is 17.6. The van der Waals surface area contributed by atoms with E-state index < -0.39 is 63.0 Å². The monoisotopic (exact) mass is 906 g/mol. The van der Waals surface area contributed by atoms with Crippen LogP contribution in [0.1, 0.15) is 45.1 Å². The SMILES string of the molecule is CC(=O)Cc1ccc([S+](C)(=O)CC(=O)c2ccccc2)cc1.FC(F)(F)c1ccc([B-](c2ccc(C(F)(F)F)cc2)(c2ccc(C(F)(F)F)cc2)c2ccc(C(F)(F)F)cc2)cc1. The molecular weight excluding hydrogens is 871 g/mol. The zero-order valence-electron chi connectivity index (χ0n) is 33.1. The molecular formula is C46H35BF12O3S. The minimum atomic E-state index is -4.77. The van der Waals surface area contributed by atoms with E-state index in [4.69, 9.17) is 0 Å². The highest BCUT2D eigenvalue weighted by atomic mass is 32.2. The van der Waals surface area contributed by atoms with Crippen LogP contribution in [-0.2, 0) is 50.1 Å². The summed E-state index contributed by atoms with van der Waals surface area (Å²) < 4.78 is 173. The molecule has 3 nitrogen and oxygen atoms in total. The Balaban J connectivity index is 0.000000286. The summed E-state index contributed by atoms with van der Waals surface area (Å²) in [5, 5.41) is 0. The van der Waals surface area contributed by atoms with Crippen LogP contribution in [0, 0.1) is 0 Å². The topological polar surface area (TPSA) is 51.2 Å². The fraction of sp³-hybridized carbons (Fsp3) is 0.174. The first kappa shape index (κ1) is 48.1. The van der Waals surface area contributed by atoms with E-state index in [0.29, 0.717) is 65.4 Å². The van der Waals surface area contributed by atoms with Crippen LogP contribution in [0.4, 0.5) is 52.7 Å². The van der Waals surface area contributed by atoms with Gasteiger partial charge in [0.15, 0.2) is 10.6 Å².